The zero-order chi connectivity index (χ0) is 14.8. The third-order valence-corrected chi connectivity index (χ3v) is 5.72. The van der Waals surface area contributed by atoms with E-state index in [0.717, 1.165) is 0 Å². The molecule has 0 saturated heterocycles. The van der Waals surface area contributed by atoms with Crippen LogP contribution in [0.2, 0.25) is 5.02 Å². The van der Waals surface area contributed by atoms with Gasteiger partial charge in [-0.05, 0) is 37.8 Å². The minimum atomic E-state index is -3.25. The Bertz CT molecular complexity index is 565. The van der Waals surface area contributed by atoms with Crippen molar-refractivity contribution in [1.29, 1.82) is 0 Å². The van der Waals surface area contributed by atoms with Crippen LogP contribution in [0.15, 0.2) is 23.1 Å². The summed E-state index contributed by atoms with van der Waals surface area (Å²) in [5.74, 6) is 0.694. The SMILES string of the molecule is CC(NCc1c(Cl)cccc1S(C)(=O)=O)C1CCCC1. The van der Waals surface area contributed by atoms with Gasteiger partial charge in [-0.2, -0.15) is 0 Å². The average molecular weight is 316 g/mol. The molecule has 0 heterocycles. The van der Waals surface area contributed by atoms with Gasteiger partial charge in [0.2, 0.25) is 0 Å². The van der Waals surface area contributed by atoms with Crippen molar-refractivity contribution in [3.63, 3.8) is 0 Å². The number of hydrogen-bond acceptors (Lipinski definition) is 3. The maximum absolute atomic E-state index is 11.8. The van der Waals surface area contributed by atoms with E-state index in [4.69, 9.17) is 11.6 Å². The molecule has 1 atom stereocenters. The van der Waals surface area contributed by atoms with Crippen LogP contribution < -0.4 is 5.32 Å². The molecule has 0 amide bonds. The fourth-order valence-electron chi connectivity index (χ4n) is 2.94. The second-order valence-corrected chi connectivity index (χ2v) is 8.09. The van der Waals surface area contributed by atoms with Gasteiger partial charge in [-0.25, -0.2) is 8.42 Å². The maximum atomic E-state index is 11.8. The van der Waals surface area contributed by atoms with Crippen molar-refractivity contribution in [3.8, 4) is 0 Å². The summed E-state index contributed by atoms with van der Waals surface area (Å²) in [6.45, 7) is 2.67. The van der Waals surface area contributed by atoms with Crippen LogP contribution in [0.3, 0.4) is 0 Å². The zero-order valence-corrected chi connectivity index (χ0v) is 13.6. The quantitative estimate of drug-likeness (QED) is 0.905. The largest absolute Gasteiger partial charge is 0.310 e. The first-order valence-electron chi connectivity index (χ1n) is 7.10. The van der Waals surface area contributed by atoms with Gasteiger partial charge in [0.05, 0.1) is 4.90 Å². The Morgan fingerprint density at radius 2 is 2.00 bits per heavy atom. The first-order valence-corrected chi connectivity index (χ1v) is 9.37. The second-order valence-electron chi connectivity index (χ2n) is 5.70. The molecule has 2 rings (SSSR count). The summed E-state index contributed by atoms with van der Waals surface area (Å²) in [7, 11) is -3.25. The van der Waals surface area contributed by atoms with E-state index >= 15 is 0 Å². The van der Waals surface area contributed by atoms with E-state index in [1.54, 1.807) is 18.2 Å². The average Bonchev–Trinajstić information content (AvgIpc) is 2.89. The second kappa shape index (κ2) is 6.46. The van der Waals surface area contributed by atoms with E-state index in [0.29, 0.717) is 34.0 Å². The van der Waals surface area contributed by atoms with Crippen LogP contribution in [0.5, 0.6) is 0 Å². The molecule has 3 nitrogen and oxygen atoms in total. The van der Waals surface area contributed by atoms with Gasteiger partial charge in [0.25, 0.3) is 0 Å². The molecule has 1 N–H and O–H groups in total. The first kappa shape index (κ1) is 15.8. The lowest BCUT2D eigenvalue weighted by atomic mass is 9.99. The lowest BCUT2D eigenvalue weighted by molar-refractivity contribution is 0.379. The number of benzene rings is 1. The molecule has 1 aliphatic carbocycles. The minimum Gasteiger partial charge on any atom is -0.310 e. The van der Waals surface area contributed by atoms with Crippen molar-refractivity contribution in [2.75, 3.05) is 6.26 Å². The van der Waals surface area contributed by atoms with Gasteiger partial charge in [0, 0.05) is 29.4 Å². The lowest BCUT2D eigenvalue weighted by Gasteiger charge is -2.21. The van der Waals surface area contributed by atoms with Crippen molar-refractivity contribution in [1.82, 2.24) is 5.32 Å². The van der Waals surface area contributed by atoms with E-state index in [1.165, 1.54) is 31.9 Å². The van der Waals surface area contributed by atoms with Crippen molar-refractivity contribution in [2.24, 2.45) is 5.92 Å². The third-order valence-electron chi connectivity index (χ3n) is 4.18. The number of rotatable bonds is 5. The molecule has 0 aromatic heterocycles. The summed E-state index contributed by atoms with van der Waals surface area (Å²) >= 11 is 6.17. The number of halogens is 1. The highest BCUT2D eigenvalue weighted by atomic mass is 35.5. The molecule has 0 aliphatic heterocycles. The predicted molar refractivity (Wildman–Crippen MR) is 82.8 cm³/mol. The third kappa shape index (κ3) is 3.74. The van der Waals surface area contributed by atoms with Crippen LogP contribution in [0.25, 0.3) is 0 Å². The lowest BCUT2D eigenvalue weighted by Crippen LogP contribution is -2.32. The Hall–Kier alpha value is -0.580. The molecule has 0 radical (unpaired) electrons. The van der Waals surface area contributed by atoms with Gasteiger partial charge in [0.15, 0.2) is 9.84 Å². The molecule has 0 spiro atoms. The molecule has 1 fully saturated rings. The smallest absolute Gasteiger partial charge is 0.175 e. The van der Waals surface area contributed by atoms with Gasteiger partial charge in [-0.15, -0.1) is 0 Å². The Morgan fingerprint density at radius 1 is 1.35 bits per heavy atom. The molecule has 1 aromatic carbocycles. The van der Waals surface area contributed by atoms with Crippen molar-refractivity contribution in [3.05, 3.63) is 28.8 Å². The fraction of sp³-hybridized carbons (Fsp3) is 0.600. The summed E-state index contributed by atoms with van der Waals surface area (Å²) in [4.78, 5) is 0.330. The van der Waals surface area contributed by atoms with E-state index in [2.05, 4.69) is 12.2 Å². The van der Waals surface area contributed by atoms with E-state index in [1.807, 2.05) is 0 Å². The van der Waals surface area contributed by atoms with E-state index in [-0.39, 0.29) is 0 Å². The van der Waals surface area contributed by atoms with Gasteiger partial charge in [-0.3, -0.25) is 0 Å². The Balaban J connectivity index is 2.12. The number of hydrogen-bond donors (Lipinski definition) is 1. The highest BCUT2D eigenvalue weighted by molar-refractivity contribution is 7.90. The van der Waals surface area contributed by atoms with Crippen LogP contribution in [0, 0.1) is 5.92 Å². The molecule has 112 valence electrons. The van der Waals surface area contributed by atoms with Gasteiger partial charge < -0.3 is 5.32 Å². The Kier molecular flexibility index (Phi) is 5.10. The molecular weight excluding hydrogens is 294 g/mol. The highest BCUT2D eigenvalue weighted by Gasteiger charge is 2.22. The predicted octanol–water partition coefficient (Wildman–Crippen LogP) is 3.41. The summed E-state index contributed by atoms with van der Waals surface area (Å²) in [6.07, 6.45) is 6.35. The highest BCUT2D eigenvalue weighted by Crippen LogP contribution is 2.29. The van der Waals surface area contributed by atoms with Gasteiger partial charge in [0.1, 0.15) is 0 Å². The zero-order valence-electron chi connectivity index (χ0n) is 12.0. The Labute approximate surface area is 126 Å². The molecule has 1 saturated carbocycles. The van der Waals surface area contributed by atoms with Crippen LogP contribution in [-0.4, -0.2) is 20.7 Å². The van der Waals surface area contributed by atoms with Crippen molar-refractivity contribution < 1.29 is 8.42 Å². The summed E-state index contributed by atoms with van der Waals surface area (Å²) in [5, 5.41) is 3.96. The molecule has 5 heteroatoms. The summed E-state index contributed by atoms with van der Waals surface area (Å²) in [5.41, 5.74) is 0.682. The summed E-state index contributed by atoms with van der Waals surface area (Å²) in [6, 6.07) is 5.44. The van der Waals surface area contributed by atoms with Crippen molar-refractivity contribution >= 4 is 21.4 Å². The van der Waals surface area contributed by atoms with Gasteiger partial charge in [-0.1, -0.05) is 30.5 Å². The molecule has 20 heavy (non-hydrogen) atoms. The molecular formula is C15H22ClNO2S. The first-order chi connectivity index (χ1) is 9.39. The van der Waals surface area contributed by atoms with Crippen LogP contribution in [0.1, 0.15) is 38.2 Å². The van der Waals surface area contributed by atoms with Gasteiger partial charge >= 0.3 is 0 Å². The summed E-state index contributed by atoms with van der Waals surface area (Å²) < 4.78 is 23.6. The van der Waals surface area contributed by atoms with Crippen molar-refractivity contribution in [2.45, 2.75) is 50.1 Å². The molecule has 1 aromatic rings. The standard InChI is InChI=1S/C15H22ClNO2S/c1-11(12-6-3-4-7-12)17-10-13-14(16)8-5-9-15(13)20(2,18)19/h5,8-9,11-12,17H,3-4,6-7,10H2,1-2H3. The fourth-order valence-corrected chi connectivity index (χ4v) is 4.20. The molecule has 1 aliphatic rings. The molecule has 1 unspecified atom stereocenters. The van der Waals surface area contributed by atoms with E-state index in [9.17, 15) is 8.42 Å². The van der Waals surface area contributed by atoms with Crippen LogP contribution in [0.4, 0.5) is 0 Å². The topological polar surface area (TPSA) is 46.2 Å². The Morgan fingerprint density at radius 3 is 2.60 bits per heavy atom. The van der Waals surface area contributed by atoms with E-state index < -0.39 is 9.84 Å². The molecule has 0 bridgehead atoms. The monoisotopic (exact) mass is 315 g/mol. The maximum Gasteiger partial charge on any atom is 0.175 e. The minimum absolute atomic E-state index is 0.330. The number of nitrogens with one attached hydrogen (secondary N) is 1. The van der Waals surface area contributed by atoms with Crippen LogP contribution in [-0.2, 0) is 16.4 Å². The normalized spacial score (nSPS) is 18.4. The number of sulfone groups is 1. The van der Waals surface area contributed by atoms with Crippen LogP contribution >= 0.6 is 11.6 Å².